The molecule has 1 aliphatic heterocycles. The standard InChI is InChI=1S/C17H19NO3/c1-18-11-17(19)14-6-4-3-5-12(14)10-21-16-8-7-13(20-2)9-15(16)17/h3-9,18-19H,10-11H2,1-2H3. The number of fused-ring (bicyclic) bond motifs is 2. The molecule has 2 aromatic rings. The normalized spacial score (nSPS) is 20.0. The van der Waals surface area contributed by atoms with E-state index in [1.165, 1.54) is 0 Å². The van der Waals surface area contributed by atoms with Crippen LogP contribution in [0.1, 0.15) is 16.7 Å². The van der Waals surface area contributed by atoms with E-state index in [0.717, 1.165) is 16.7 Å². The summed E-state index contributed by atoms with van der Waals surface area (Å²) in [6.45, 7) is 0.842. The maximum absolute atomic E-state index is 11.4. The van der Waals surface area contributed by atoms with Crippen LogP contribution >= 0.6 is 0 Å². The summed E-state index contributed by atoms with van der Waals surface area (Å²) in [4.78, 5) is 0. The van der Waals surface area contributed by atoms with Crippen LogP contribution in [0.5, 0.6) is 11.5 Å². The largest absolute Gasteiger partial charge is 0.497 e. The predicted molar refractivity (Wildman–Crippen MR) is 80.7 cm³/mol. The van der Waals surface area contributed by atoms with Crippen molar-refractivity contribution in [1.29, 1.82) is 0 Å². The first-order valence-electron chi connectivity index (χ1n) is 6.95. The second kappa shape index (κ2) is 5.39. The van der Waals surface area contributed by atoms with E-state index >= 15 is 0 Å². The van der Waals surface area contributed by atoms with Crippen molar-refractivity contribution >= 4 is 0 Å². The average molecular weight is 285 g/mol. The highest BCUT2D eigenvalue weighted by Gasteiger charge is 2.38. The molecule has 3 rings (SSSR count). The van der Waals surface area contributed by atoms with Crippen molar-refractivity contribution in [3.05, 3.63) is 59.2 Å². The van der Waals surface area contributed by atoms with E-state index in [2.05, 4.69) is 5.32 Å². The van der Waals surface area contributed by atoms with E-state index in [1.807, 2.05) is 49.5 Å². The second-order valence-corrected chi connectivity index (χ2v) is 5.20. The Bertz CT molecular complexity index is 656. The van der Waals surface area contributed by atoms with Crippen LogP contribution in [-0.2, 0) is 12.2 Å². The lowest BCUT2D eigenvalue weighted by atomic mass is 9.83. The van der Waals surface area contributed by atoms with Crippen LogP contribution in [0.15, 0.2) is 42.5 Å². The fourth-order valence-electron chi connectivity index (χ4n) is 2.88. The minimum absolute atomic E-state index is 0.396. The summed E-state index contributed by atoms with van der Waals surface area (Å²) in [5.41, 5.74) is 1.43. The Morgan fingerprint density at radius 2 is 2.05 bits per heavy atom. The molecule has 2 N–H and O–H groups in total. The van der Waals surface area contributed by atoms with Gasteiger partial charge in [-0.3, -0.25) is 0 Å². The molecule has 0 saturated carbocycles. The number of hydrogen-bond donors (Lipinski definition) is 2. The molecule has 0 radical (unpaired) electrons. The number of aliphatic hydroxyl groups is 1. The molecule has 0 aliphatic carbocycles. The number of methoxy groups -OCH3 is 1. The Labute approximate surface area is 124 Å². The summed E-state index contributed by atoms with van der Waals surface area (Å²) < 4.78 is 11.2. The molecule has 4 nitrogen and oxygen atoms in total. The van der Waals surface area contributed by atoms with Gasteiger partial charge in [-0.1, -0.05) is 24.3 Å². The molecule has 1 aliphatic rings. The van der Waals surface area contributed by atoms with Gasteiger partial charge < -0.3 is 19.9 Å². The van der Waals surface area contributed by atoms with Gasteiger partial charge in [-0.2, -0.15) is 0 Å². The van der Waals surface area contributed by atoms with E-state index in [9.17, 15) is 5.11 Å². The third kappa shape index (κ3) is 2.26. The van der Waals surface area contributed by atoms with E-state index in [-0.39, 0.29) is 0 Å². The van der Waals surface area contributed by atoms with Crippen LogP contribution in [0.25, 0.3) is 0 Å². The minimum atomic E-state index is -1.15. The zero-order chi connectivity index (χ0) is 14.9. The maximum Gasteiger partial charge on any atom is 0.131 e. The van der Waals surface area contributed by atoms with Gasteiger partial charge in [0.1, 0.15) is 23.7 Å². The highest BCUT2D eigenvalue weighted by molar-refractivity contribution is 5.52. The molecule has 0 bridgehead atoms. The summed E-state index contributed by atoms with van der Waals surface area (Å²) in [7, 11) is 3.44. The third-order valence-electron chi connectivity index (χ3n) is 3.91. The lowest BCUT2D eigenvalue weighted by molar-refractivity contribution is 0.0813. The van der Waals surface area contributed by atoms with Crippen LogP contribution < -0.4 is 14.8 Å². The van der Waals surface area contributed by atoms with Crippen LogP contribution in [-0.4, -0.2) is 25.8 Å². The van der Waals surface area contributed by atoms with Crippen LogP contribution in [0.2, 0.25) is 0 Å². The molecule has 1 heterocycles. The quantitative estimate of drug-likeness (QED) is 0.906. The molecule has 0 amide bonds. The molecule has 110 valence electrons. The molecular weight excluding hydrogens is 266 g/mol. The van der Waals surface area contributed by atoms with Gasteiger partial charge in [0.2, 0.25) is 0 Å². The highest BCUT2D eigenvalue weighted by Crippen LogP contribution is 2.41. The second-order valence-electron chi connectivity index (χ2n) is 5.20. The van der Waals surface area contributed by atoms with Gasteiger partial charge in [-0.05, 0) is 36.4 Å². The third-order valence-corrected chi connectivity index (χ3v) is 3.91. The first kappa shape index (κ1) is 13.9. The Morgan fingerprint density at radius 3 is 2.81 bits per heavy atom. The minimum Gasteiger partial charge on any atom is -0.497 e. The van der Waals surface area contributed by atoms with E-state index in [1.54, 1.807) is 7.11 Å². The van der Waals surface area contributed by atoms with E-state index in [0.29, 0.717) is 24.7 Å². The fourth-order valence-corrected chi connectivity index (χ4v) is 2.88. The van der Waals surface area contributed by atoms with Crippen molar-refractivity contribution in [2.45, 2.75) is 12.2 Å². The molecule has 1 atom stereocenters. The van der Waals surface area contributed by atoms with Crippen molar-refractivity contribution in [3.8, 4) is 11.5 Å². The Hall–Kier alpha value is -2.04. The average Bonchev–Trinajstić information content (AvgIpc) is 2.64. The molecule has 0 aromatic heterocycles. The van der Waals surface area contributed by atoms with Gasteiger partial charge in [-0.25, -0.2) is 0 Å². The summed E-state index contributed by atoms with van der Waals surface area (Å²) in [5, 5.41) is 14.5. The first-order valence-corrected chi connectivity index (χ1v) is 6.95. The van der Waals surface area contributed by atoms with Gasteiger partial charge in [0.15, 0.2) is 0 Å². The van der Waals surface area contributed by atoms with Crippen molar-refractivity contribution in [3.63, 3.8) is 0 Å². The zero-order valence-corrected chi connectivity index (χ0v) is 12.2. The lowest BCUT2D eigenvalue weighted by Gasteiger charge is -2.30. The highest BCUT2D eigenvalue weighted by atomic mass is 16.5. The molecule has 2 aromatic carbocycles. The zero-order valence-electron chi connectivity index (χ0n) is 12.2. The SMILES string of the molecule is CNCC1(O)c2ccccc2COc2ccc(OC)cc21. The van der Waals surface area contributed by atoms with E-state index < -0.39 is 5.60 Å². The fraction of sp³-hybridized carbons (Fsp3) is 0.294. The molecule has 1 unspecified atom stereocenters. The van der Waals surface area contributed by atoms with Gasteiger partial charge in [-0.15, -0.1) is 0 Å². The molecule has 21 heavy (non-hydrogen) atoms. The van der Waals surface area contributed by atoms with Crippen molar-refractivity contribution in [2.75, 3.05) is 20.7 Å². The summed E-state index contributed by atoms with van der Waals surface area (Å²) in [6.07, 6.45) is 0. The molecule has 0 fully saturated rings. The predicted octanol–water partition coefficient (Wildman–Crippen LogP) is 2.04. The Balaban J connectivity index is 2.24. The Kier molecular flexibility index (Phi) is 3.57. The van der Waals surface area contributed by atoms with Gasteiger partial charge in [0, 0.05) is 12.1 Å². The van der Waals surface area contributed by atoms with Crippen LogP contribution in [0.3, 0.4) is 0 Å². The van der Waals surface area contributed by atoms with Crippen LogP contribution in [0.4, 0.5) is 0 Å². The van der Waals surface area contributed by atoms with E-state index in [4.69, 9.17) is 9.47 Å². The number of benzene rings is 2. The smallest absolute Gasteiger partial charge is 0.131 e. The van der Waals surface area contributed by atoms with Crippen molar-refractivity contribution < 1.29 is 14.6 Å². The summed E-state index contributed by atoms with van der Waals surface area (Å²) >= 11 is 0. The molecule has 0 saturated heterocycles. The number of ether oxygens (including phenoxy) is 2. The number of rotatable bonds is 3. The first-order chi connectivity index (χ1) is 10.2. The lowest BCUT2D eigenvalue weighted by Crippen LogP contribution is -2.38. The van der Waals surface area contributed by atoms with Crippen LogP contribution in [0, 0.1) is 0 Å². The topological polar surface area (TPSA) is 50.7 Å². The number of likely N-dealkylation sites (N-methyl/N-ethyl adjacent to an activating group) is 1. The summed E-state index contributed by atoms with van der Waals surface area (Å²) in [5.74, 6) is 1.39. The molecule has 0 spiro atoms. The maximum atomic E-state index is 11.4. The monoisotopic (exact) mass is 285 g/mol. The Morgan fingerprint density at radius 1 is 1.24 bits per heavy atom. The molecule has 4 heteroatoms. The van der Waals surface area contributed by atoms with Gasteiger partial charge >= 0.3 is 0 Å². The number of hydrogen-bond acceptors (Lipinski definition) is 4. The van der Waals surface area contributed by atoms with Gasteiger partial charge in [0.25, 0.3) is 0 Å². The molecular formula is C17H19NO3. The van der Waals surface area contributed by atoms with Gasteiger partial charge in [0.05, 0.1) is 7.11 Å². The summed E-state index contributed by atoms with van der Waals surface area (Å²) in [6, 6.07) is 13.4. The van der Waals surface area contributed by atoms with Crippen molar-refractivity contribution in [1.82, 2.24) is 5.32 Å². The number of nitrogens with one attached hydrogen (secondary N) is 1. The van der Waals surface area contributed by atoms with Crippen molar-refractivity contribution in [2.24, 2.45) is 0 Å².